The van der Waals surface area contributed by atoms with E-state index in [0.29, 0.717) is 12.2 Å². The number of carbonyl (C=O) groups is 1. The molecule has 0 unspecified atom stereocenters. The van der Waals surface area contributed by atoms with Crippen molar-refractivity contribution in [3.8, 4) is 10.4 Å². The first-order valence-electron chi connectivity index (χ1n) is 7.20. The van der Waals surface area contributed by atoms with Crippen molar-refractivity contribution >= 4 is 17.3 Å². The van der Waals surface area contributed by atoms with Crippen molar-refractivity contribution in [3.63, 3.8) is 0 Å². The van der Waals surface area contributed by atoms with E-state index in [1.165, 1.54) is 42.9 Å². The van der Waals surface area contributed by atoms with Gasteiger partial charge in [-0.2, -0.15) is 4.37 Å². The monoisotopic (exact) mass is 304 g/mol. The Morgan fingerprint density at radius 3 is 2.62 bits per heavy atom. The zero-order valence-corrected chi connectivity index (χ0v) is 12.5. The second kappa shape index (κ2) is 6.45. The van der Waals surface area contributed by atoms with E-state index in [9.17, 15) is 9.18 Å². The predicted octanol–water partition coefficient (Wildman–Crippen LogP) is 3.62. The third-order valence-corrected chi connectivity index (χ3v) is 4.58. The molecular weight excluding hydrogens is 287 g/mol. The number of aromatic nitrogens is 1. The number of ketones is 1. The van der Waals surface area contributed by atoms with Gasteiger partial charge in [0, 0.05) is 0 Å². The molecule has 1 aliphatic rings. The molecule has 1 aliphatic heterocycles. The molecule has 0 aliphatic carbocycles. The van der Waals surface area contributed by atoms with Gasteiger partial charge < -0.3 is 0 Å². The van der Waals surface area contributed by atoms with E-state index >= 15 is 0 Å². The normalized spacial score (nSPS) is 16.0. The van der Waals surface area contributed by atoms with Crippen LogP contribution in [-0.2, 0) is 0 Å². The fraction of sp³-hybridized carbons (Fsp3) is 0.375. The molecule has 0 atom stereocenters. The molecule has 1 fully saturated rings. The number of likely N-dealkylation sites (tertiary alicyclic amines) is 1. The van der Waals surface area contributed by atoms with Crippen molar-refractivity contribution in [2.45, 2.75) is 19.3 Å². The molecule has 0 amide bonds. The van der Waals surface area contributed by atoms with Crippen molar-refractivity contribution in [2.24, 2.45) is 0 Å². The van der Waals surface area contributed by atoms with Crippen LogP contribution >= 0.6 is 11.5 Å². The van der Waals surface area contributed by atoms with Crippen LogP contribution in [-0.4, -0.2) is 34.7 Å². The maximum Gasteiger partial charge on any atom is 0.196 e. The number of benzene rings is 1. The zero-order valence-electron chi connectivity index (χ0n) is 11.7. The average molecular weight is 304 g/mol. The molecule has 2 heterocycles. The first kappa shape index (κ1) is 14.4. The fourth-order valence-corrected chi connectivity index (χ4v) is 3.32. The van der Waals surface area contributed by atoms with Gasteiger partial charge in [-0.15, -0.1) is 0 Å². The Hall–Kier alpha value is -1.59. The van der Waals surface area contributed by atoms with E-state index < -0.39 is 0 Å². The standard InChI is InChI=1S/C16H17FN2OS/c17-13-6-4-12(5-7-13)16-10-14(18-21-16)15(20)11-19-8-2-1-3-9-19/h4-7,10H,1-3,8-9,11H2. The van der Waals surface area contributed by atoms with Gasteiger partial charge in [0.25, 0.3) is 0 Å². The molecule has 3 nitrogen and oxygen atoms in total. The highest BCUT2D eigenvalue weighted by Crippen LogP contribution is 2.25. The molecule has 0 N–H and O–H groups in total. The maximum absolute atomic E-state index is 12.9. The maximum atomic E-state index is 12.9. The molecule has 1 saturated heterocycles. The lowest BCUT2D eigenvalue weighted by molar-refractivity contribution is 0.0912. The first-order valence-corrected chi connectivity index (χ1v) is 7.98. The summed E-state index contributed by atoms with van der Waals surface area (Å²) >= 11 is 1.29. The van der Waals surface area contributed by atoms with Gasteiger partial charge in [-0.05, 0) is 61.2 Å². The molecule has 0 bridgehead atoms. The number of rotatable bonds is 4. The minimum absolute atomic E-state index is 0.0708. The molecule has 1 aromatic carbocycles. The highest BCUT2D eigenvalue weighted by molar-refractivity contribution is 7.09. The number of piperidine rings is 1. The minimum Gasteiger partial charge on any atom is -0.296 e. The summed E-state index contributed by atoms with van der Waals surface area (Å²) < 4.78 is 17.2. The van der Waals surface area contributed by atoms with E-state index in [0.717, 1.165) is 23.5 Å². The van der Waals surface area contributed by atoms with Crippen molar-refractivity contribution in [1.82, 2.24) is 9.27 Å². The zero-order chi connectivity index (χ0) is 14.7. The molecule has 0 radical (unpaired) electrons. The van der Waals surface area contributed by atoms with Crippen LogP contribution in [0.3, 0.4) is 0 Å². The summed E-state index contributed by atoms with van der Waals surface area (Å²) in [4.78, 5) is 15.4. The van der Waals surface area contributed by atoms with Gasteiger partial charge in [-0.25, -0.2) is 4.39 Å². The van der Waals surface area contributed by atoms with Crippen LogP contribution in [0.25, 0.3) is 10.4 Å². The Balaban J connectivity index is 1.69. The number of halogens is 1. The van der Waals surface area contributed by atoms with Crippen LogP contribution < -0.4 is 0 Å². The second-order valence-corrected chi connectivity index (χ2v) is 6.15. The molecular formula is C16H17FN2OS. The average Bonchev–Trinajstić information content (AvgIpc) is 2.99. The fourth-order valence-electron chi connectivity index (χ4n) is 2.56. The first-order chi connectivity index (χ1) is 10.2. The highest BCUT2D eigenvalue weighted by Gasteiger charge is 2.17. The van der Waals surface area contributed by atoms with Gasteiger partial charge >= 0.3 is 0 Å². The quantitative estimate of drug-likeness (QED) is 0.809. The van der Waals surface area contributed by atoms with Gasteiger partial charge in [0.1, 0.15) is 11.5 Å². The number of nitrogens with zero attached hydrogens (tertiary/aromatic N) is 2. The van der Waals surface area contributed by atoms with E-state index in [1.807, 2.05) is 6.07 Å². The Morgan fingerprint density at radius 1 is 1.19 bits per heavy atom. The number of hydrogen-bond acceptors (Lipinski definition) is 4. The molecule has 1 aromatic heterocycles. The van der Waals surface area contributed by atoms with Crippen molar-refractivity contribution < 1.29 is 9.18 Å². The van der Waals surface area contributed by atoms with Crippen molar-refractivity contribution in [2.75, 3.05) is 19.6 Å². The lowest BCUT2D eigenvalue weighted by atomic mass is 10.1. The molecule has 3 rings (SSSR count). The van der Waals surface area contributed by atoms with Crippen LogP contribution in [0.2, 0.25) is 0 Å². The molecule has 21 heavy (non-hydrogen) atoms. The molecule has 2 aromatic rings. The smallest absolute Gasteiger partial charge is 0.196 e. The predicted molar refractivity (Wildman–Crippen MR) is 82.1 cm³/mol. The summed E-state index contributed by atoms with van der Waals surface area (Å²) in [6.07, 6.45) is 3.60. The van der Waals surface area contributed by atoms with Crippen molar-refractivity contribution in [1.29, 1.82) is 0 Å². The summed E-state index contributed by atoms with van der Waals surface area (Å²) in [7, 11) is 0. The third kappa shape index (κ3) is 3.54. The van der Waals surface area contributed by atoms with Gasteiger partial charge in [0.15, 0.2) is 5.78 Å². The van der Waals surface area contributed by atoms with E-state index in [4.69, 9.17) is 0 Å². The van der Waals surface area contributed by atoms with Gasteiger partial charge in [0.2, 0.25) is 0 Å². The Bertz CT molecular complexity index is 617. The van der Waals surface area contributed by atoms with E-state index in [2.05, 4.69) is 9.27 Å². The summed E-state index contributed by atoms with van der Waals surface area (Å²) in [6, 6.07) is 8.07. The molecule has 0 saturated carbocycles. The van der Waals surface area contributed by atoms with Gasteiger partial charge in [0.05, 0.1) is 11.4 Å². The minimum atomic E-state index is -0.260. The summed E-state index contributed by atoms with van der Waals surface area (Å²) in [5, 5.41) is 0. The van der Waals surface area contributed by atoms with Gasteiger partial charge in [-0.1, -0.05) is 18.6 Å². The highest BCUT2D eigenvalue weighted by atomic mass is 32.1. The van der Waals surface area contributed by atoms with Crippen LogP contribution in [0.5, 0.6) is 0 Å². The lowest BCUT2D eigenvalue weighted by Crippen LogP contribution is -2.34. The number of carbonyl (C=O) groups excluding carboxylic acids is 1. The SMILES string of the molecule is O=C(CN1CCCCC1)c1cc(-c2ccc(F)cc2)sn1. The van der Waals surface area contributed by atoms with E-state index in [1.54, 1.807) is 12.1 Å². The topological polar surface area (TPSA) is 33.2 Å². The Kier molecular flexibility index (Phi) is 4.41. The molecule has 5 heteroatoms. The lowest BCUT2D eigenvalue weighted by Gasteiger charge is -2.25. The van der Waals surface area contributed by atoms with Gasteiger partial charge in [-0.3, -0.25) is 9.69 Å². The summed E-state index contributed by atoms with van der Waals surface area (Å²) in [5.41, 5.74) is 1.41. The Labute approximate surface area is 127 Å². The van der Waals surface area contributed by atoms with Crippen LogP contribution in [0.1, 0.15) is 29.8 Å². The van der Waals surface area contributed by atoms with E-state index in [-0.39, 0.29) is 11.6 Å². The Morgan fingerprint density at radius 2 is 1.90 bits per heavy atom. The third-order valence-electron chi connectivity index (χ3n) is 3.74. The summed E-state index contributed by atoms with van der Waals surface area (Å²) in [6.45, 7) is 2.45. The van der Waals surface area contributed by atoms with Crippen LogP contribution in [0.4, 0.5) is 4.39 Å². The second-order valence-electron chi connectivity index (χ2n) is 5.34. The summed E-state index contributed by atoms with van der Waals surface area (Å²) in [5.74, 6) is -0.189. The largest absolute Gasteiger partial charge is 0.296 e. The van der Waals surface area contributed by atoms with Crippen LogP contribution in [0.15, 0.2) is 30.3 Å². The number of Topliss-reactive ketones (excluding diaryl/α,β-unsaturated/α-hetero) is 1. The molecule has 110 valence electrons. The molecule has 0 spiro atoms. The van der Waals surface area contributed by atoms with Crippen molar-refractivity contribution in [3.05, 3.63) is 41.8 Å². The van der Waals surface area contributed by atoms with Crippen LogP contribution in [0, 0.1) is 5.82 Å². The number of hydrogen-bond donors (Lipinski definition) is 0.